The quantitative estimate of drug-likeness (QED) is 0.681. The molecule has 0 aliphatic heterocycles. The molecule has 0 atom stereocenters. The number of aryl methyl sites for hydroxylation is 1. The molecule has 0 spiro atoms. The summed E-state index contributed by atoms with van der Waals surface area (Å²) in [6.07, 6.45) is -4.12. The summed E-state index contributed by atoms with van der Waals surface area (Å²) in [7, 11) is 0. The van der Waals surface area contributed by atoms with E-state index in [2.05, 4.69) is 0 Å². The monoisotopic (exact) mass is 293 g/mol. The van der Waals surface area contributed by atoms with Crippen LogP contribution in [0.5, 0.6) is 0 Å². The van der Waals surface area contributed by atoms with Gasteiger partial charge in [-0.25, -0.2) is 0 Å². The molecule has 0 fully saturated rings. The zero-order chi connectivity index (χ0) is 15.5. The molecule has 0 saturated heterocycles. The van der Waals surface area contributed by atoms with Crippen LogP contribution in [0.2, 0.25) is 0 Å². The number of alkyl halides is 3. The number of hydrogen-bond acceptors (Lipinski definition) is 2. The average molecular weight is 293 g/mol. The van der Waals surface area contributed by atoms with Crippen LogP contribution in [-0.2, 0) is 12.6 Å². The highest BCUT2D eigenvalue weighted by atomic mass is 19.4. The van der Waals surface area contributed by atoms with Gasteiger partial charge in [0.25, 0.3) is 0 Å². The van der Waals surface area contributed by atoms with Gasteiger partial charge >= 0.3 is 6.18 Å². The summed E-state index contributed by atoms with van der Waals surface area (Å²) < 4.78 is 38.6. The molecule has 0 unspecified atom stereocenters. The predicted octanol–water partition coefficient (Wildman–Crippen LogP) is 4.10. The van der Waals surface area contributed by atoms with E-state index in [1.165, 1.54) is 18.2 Å². The number of carbonyl (C=O) groups is 1. The fourth-order valence-corrected chi connectivity index (χ4v) is 2.05. The minimum atomic E-state index is -4.52. The van der Waals surface area contributed by atoms with Crippen molar-refractivity contribution < 1.29 is 18.0 Å². The van der Waals surface area contributed by atoms with Gasteiger partial charge in [0.2, 0.25) is 0 Å². The van der Waals surface area contributed by atoms with Gasteiger partial charge in [0, 0.05) is 17.7 Å². The van der Waals surface area contributed by atoms with Gasteiger partial charge in [0.1, 0.15) is 0 Å². The number of carbonyl (C=O) groups excluding carboxylic acids is 1. The van der Waals surface area contributed by atoms with Gasteiger partial charge in [-0.3, -0.25) is 4.79 Å². The third-order valence-electron chi connectivity index (χ3n) is 3.15. The van der Waals surface area contributed by atoms with Crippen molar-refractivity contribution in [2.45, 2.75) is 19.0 Å². The third-order valence-corrected chi connectivity index (χ3v) is 3.15. The molecule has 0 bridgehead atoms. The lowest BCUT2D eigenvalue weighted by Crippen LogP contribution is -2.13. The van der Waals surface area contributed by atoms with E-state index >= 15 is 0 Å². The summed E-state index contributed by atoms with van der Waals surface area (Å²) in [4.78, 5) is 12.0. The Morgan fingerprint density at radius 1 is 1.00 bits per heavy atom. The maximum Gasteiger partial charge on any atom is 0.417 e. The molecule has 0 aromatic heterocycles. The minimum absolute atomic E-state index is 0.0248. The van der Waals surface area contributed by atoms with E-state index in [1.807, 2.05) is 0 Å². The highest BCUT2D eigenvalue weighted by Crippen LogP contribution is 2.32. The molecule has 0 aliphatic rings. The number of Topliss-reactive ketones (excluding diaryl/α,β-unsaturated/α-hetero) is 1. The summed E-state index contributed by atoms with van der Waals surface area (Å²) >= 11 is 0. The Hall–Kier alpha value is -2.30. The number of anilines is 1. The van der Waals surface area contributed by atoms with Gasteiger partial charge in [0.15, 0.2) is 5.78 Å². The number of ketones is 1. The van der Waals surface area contributed by atoms with Gasteiger partial charge in [0.05, 0.1) is 5.56 Å². The SMILES string of the molecule is Nc1ccc(CCC(=O)c2ccccc2C(F)(F)F)cc1. The zero-order valence-electron chi connectivity index (χ0n) is 11.2. The standard InChI is InChI=1S/C16H14F3NO/c17-16(18,19)14-4-2-1-3-13(14)15(21)10-7-11-5-8-12(20)9-6-11/h1-6,8-9H,7,10,20H2. The van der Waals surface area contributed by atoms with Crippen LogP contribution in [0.25, 0.3) is 0 Å². The summed E-state index contributed by atoms with van der Waals surface area (Å²) in [6, 6.07) is 11.8. The largest absolute Gasteiger partial charge is 0.417 e. The van der Waals surface area contributed by atoms with Gasteiger partial charge in [-0.1, -0.05) is 30.3 Å². The molecule has 0 amide bonds. The Balaban J connectivity index is 2.12. The molecule has 2 aromatic rings. The van der Waals surface area contributed by atoms with Crippen LogP contribution in [0.1, 0.15) is 27.9 Å². The fourth-order valence-electron chi connectivity index (χ4n) is 2.05. The lowest BCUT2D eigenvalue weighted by atomic mass is 9.98. The first-order chi connectivity index (χ1) is 9.88. The average Bonchev–Trinajstić information content (AvgIpc) is 2.45. The van der Waals surface area contributed by atoms with Crippen LogP contribution >= 0.6 is 0 Å². The summed E-state index contributed by atoms with van der Waals surface area (Å²) in [5.74, 6) is -0.514. The predicted molar refractivity (Wildman–Crippen MR) is 74.9 cm³/mol. The van der Waals surface area contributed by atoms with E-state index in [-0.39, 0.29) is 12.0 Å². The Kier molecular flexibility index (Phi) is 4.31. The lowest BCUT2D eigenvalue weighted by Gasteiger charge is -2.11. The molecule has 0 radical (unpaired) electrons. The van der Waals surface area contributed by atoms with Crippen molar-refractivity contribution in [2.24, 2.45) is 0 Å². The molecule has 0 heterocycles. The fraction of sp³-hybridized carbons (Fsp3) is 0.188. The highest BCUT2D eigenvalue weighted by molar-refractivity contribution is 5.97. The smallest absolute Gasteiger partial charge is 0.399 e. The van der Waals surface area contributed by atoms with Crippen molar-refractivity contribution in [3.8, 4) is 0 Å². The first kappa shape index (κ1) is 15.1. The molecule has 2 aromatic carbocycles. The van der Waals surface area contributed by atoms with E-state index < -0.39 is 17.5 Å². The number of nitrogens with two attached hydrogens (primary N) is 1. The second kappa shape index (κ2) is 5.99. The van der Waals surface area contributed by atoms with E-state index in [4.69, 9.17) is 5.73 Å². The molecule has 0 saturated carbocycles. The van der Waals surface area contributed by atoms with E-state index in [1.54, 1.807) is 24.3 Å². The second-order valence-electron chi connectivity index (χ2n) is 4.71. The summed E-state index contributed by atoms with van der Waals surface area (Å²) in [5.41, 5.74) is 5.86. The molecule has 5 heteroatoms. The molecule has 2 rings (SSSR count). The highest BCUT2D eigenvalue weighted by Gasteiger charge is 2.34. The topological polar surface area (TPSA) is 43.1 Å². The summed E-state index contributed by atoms with van der Waals surface area (Å²) in [6.45, 7) is 0. The van der Waals surface area contributed by atoms with E-state index in [9.17, 15) is 18.0 Å². The normalized spacial score (nSPS) is 11.4. The maximum absolute atomic E-state index is 12.9. The first-order valence-corrected chi connectivity index (χ1v) is 6.42. The zero-order valence-corrected chi connectivity index (χ0v) is 11.2. The van der Waals surface area contributed by atoms with Crippen LogP contribution < -0.4 is 5.73 Å². The van der Waals surface area contributed by atoms with E-state index in [0.717, 1.165) is 11.6 Å². The van der Waals surface area contributed by atoms with E-state index in [0.29, 0.717) is 12.1 Å². The molecule has 2 N–H and O–H groups in total. The molecule has 21 heavy (non-hydrogen) atoms. The summed E-state index contributed by atoms with van der Waals surface area (Å²) in [5, 5.41) is 0. The molecule has 110 valence electrons. The number of halogens is 3. The number of nitrogen functional groups attached to an aromatic ring is 1. The minimum Gasteiger partial charge on any atom is -0.399 e. The van der Waals surface area contributed by atoms with Crippen molar-refractivity contribution in [2.75, 3.05) is 5.73 Å². The second-order valence-corrected chi connectivity index (χ2v) is 4.71. The van der Waals surface area contributed by atoms with Crippen LogP contribution in [-0.4, -0.2) is 5.78 Å². The van der Waals surface area contributed by atoms with Crippen LogP contribution in [0.15, 0.2) is 48.5 Å². The van der Waals surface area contributed by atoms with Crippen LogP contribution in [0.4, 0.5) is 18.9 Å². The molecular weight excluding hydrogens is 279 g/mol. The van der Waals surface area contributed by atoms with Crippen molar-refractivity contribution >= 4 is 11.5 Å². The molecule has 2 nitrogen and oxygen atoms in total. The van der Waals surface area contributed by atoms with Crippen LogP contribution in [0, 0.1) is 0 Å². The van der Waals surface area contributed by atoms with Gasteiger partial charge in [-0.2, -0.15) is 13.2 Å². The number of rotatable bonds is 4. The van der Waals surface area contributed by atoms with Crippen molar-refractivity contribution in [1.29, 1.82) is 0 Å². The first-order valence-electron chi connectivity index (χ1n) is 6.42. The van der Waals surface area contributed by atoms with Crippen molar-refractivity contribution in [3.63, 3.8) is 0 Å². The lowest BCUT2D eigenvalue weighted by molar-refractivity contribution is -0.137. The Morgan fingerprint density at radius 3 is 2.24 bits per heavy atom. The Morgan fingerprint density at radius 2 is 1.62 bits per heavy atom. The molecule has 0 aliphatic carbocycles. The third kappa shape index (κ3) is 3.84. The van der Waals surface area contributed by atoms with Gasteiger partial charge in [-0.15, -0.1) is 0 Å². The van der Waals surface area contributed by atoms with Gasteiger partial charge < -0.3 is 5.73 Å². The van der Waals surface area contributed by atoms with Crippen LogP contribution in [0.3, 0.4) is 0 Å². The Bertz CT molecular complexity index is 633. The number of benzene rings is 2. The number of hydrogen-bond donors (Lipinski definition) is 1. The van der Waals surface area contributed by atoms with Crippen molar-refractivity contribution in [1.82, 2.24) is 0 Å². The van der Waals surface area contributed by atoms with Crippen molar-refractivity contribution in [3.05, 3.63) is 65.2 Å². The molecular formula is C16H14F3NO. The Labute approximate surface area is 120 Å². The maximum atomic E-state index is 12.9. The van der Waals surface area contributed by atoms with Gasteiger partial charge in [-0.05, 0) is 30.2 Å².